The van der Waals surface area contributed by atoms with Crippen LogP contribution in [0.5, 0.6) is 0 Å². The molecule has 1 amide bonds. The lowest BCUT2D eigenvalue weighted by atomic mass is 10.0. The van der Waals surface area contributed by atoms with Gasteiger partial charge in [-0.05, 0) is 38.0 Å². The van der Waals surface area contributed by atoms with Gasteiger partial charge in [0.1, 0.15) is 0 Å². The van der Waals surface area contributed by atoms with E-state index in [2.05, 4.69) is 5.32 Å². The number of carbonyl (C=O) groups excluding carboxylic acids is 1. The van der Waals surface area contributed by atoms with Crippen LogP contribution in [0.4, 0.5) is 5.69 Å². The molecule has 19 heavy (non-hydrogen) atoms. The minimum atomic E-state index is -0.0204. The molecule has 4 heteroatoms. The number of nitrogens with one attached hydrogen (secondary N) is 1. The number of carbonyl (C=O) groups is 1. The van der Waals surface area contributed by atoms with Gasteiger partial charge in [-0.2, -0.15) is 0 Å². The molecule has 0 radical (unpaired) electrons. The molecule has 3 nitrogen and oxygen atoms in total. The van der Waals surface area contributed by atoms with Crippen molar-refractivity contribution in [1.82, 2.24) is 5.32 Å². The van der Waals surface area contributed by atoms with Crippen molar-refractivity contribution in [2.45, 2.75) is 49.2 Å². The van der Waals surface area contributed by atoms with E-state index in [1.165, 1.54) is 32.1 Å². The van der Waals surface area contributed by atoms with Gasteiger partial charge in [-0.1, -0.05) is 19.3 Å². The van der Waals surface area contributed by atoms with Crippen LogP contribution in [0.2, 0.25) is 0 Å². The van der Waals surface area contributed by atoms with Gasteiger partial charge in [0.25, 0.3) is 5.91 Å². The van der Waals surface area contributed by atoms with Crippen molar-refractivity contribution in [3.8, 4) is 0 Å². The average molecular weight is 278 g/mol. The zero-order valence-corrected chi connectivity index (χ0v) is 12.3. The molecule has 104 valence electrons. The summed E-state index contributed by atoms with van der Waals surface area (Å²) in [5.74, 6) is -0.0204. The van der Waals surface area contributed by atoms with Crippen molar-refractivity contribution >= 4 is 23.4 Å². The van der Waals surface area contributed by atoms with Gasteiger partial charge < -0.3 is 11.1 Å². The van der Waals surface area contributed by atoms with Crippen LogP contribution in [0.1, 0.15) is 49.4 Å². The van der Waals surface area contributed by atoms with Crippen LogP contribution in [0.3, 0.4) is 0 Å². The fourth-order valence-corrected chi connectivity index (χ4v) is 3.73. The van der Waals surface area contributed by atoms with E-state index in [0.717, 1.165) is 10.6 Å². The van der Waals surface area contributed by atoms with Crippen molar-refractivity contribution in [2.75, 3.05) is 12.3 Å². The summed E-state index contributed by atoms with van der Waals surface area (Å²) in [5.41, 5.74) is 7.51. The average Bonchev–Trinajstić information content (AvgIpc) is 2.42. The maximum absolute atomic E-state index is 11.8. The molecule has 0 spiro atoms. The van der Waals surface area contributed by atoms with Gasteiger partial charge >= 0.3 is 0 Å². The first-order valence-electron chi connectivity index (χ1n) is 7.05. The number of hydrogen-bond acceptors (Lipinski definition) is 3. The summed E-state index contributed by atoms with van der Waals surface area (Å²) in [7, 11) is 0. The highest BCUT2D eigenvalue weighted by molar-refractivity contribution is 8.00. The van der Waals surface area contributed by atoms with Gasteiger partial charge in [0.05, 0.1) is 0 Å². The molecule has 0 aliphatic heterocycles. The second-order valence-corrected chi connectivity index (χ2v) is 6.33. The third kappa shape index (κ3) is 3.90. The molecule has 0 atom stereocenters. The molecule has 1 aliphatic rings. The molecule has 1 aliphatic carbocycles. The minimum Gasteiger partial charge on any atom is -0.398 e. The number of nitrogens with two attached hydrogens (primary N) is 1. The van der Waals surface area contributed by atoms with Crippen molar-refractivity contribution in [2.24, 2.45) is 0 Å². The summed E-state index contributed by atoms with van der Waals surface area (Å²) < 4.78 is 0. The van der Waals surface area contributed by atoms with Crippen molar-refractivity contribution in [1.29, 1.82) is 0 Å². The molecular formula is C15H22N2OS. The first kappa shape index (κ1) is 14.3. The fourth-order valence-electron chi connectivity index (χ4n) is 2.40. The summed E-state index contributed by atoms with van der Waals surface area (Å²) in [5, 5.41) is 3.48. The summed E-state index contributed by atoms with van der Waals surface area (Å²) in [6.45, 7) is 2.57. The van der Waals surface area contributed by atoms with E-state index in [0.29, 0.717) is 17.4 Å². The Bertz CT molecular complexity index is 442. The number of hydrogen-bond donors (Lipinski definition) is 2. The van der Waals surface area contributed by atoms with Crippen molar-refractivity contribution in [3.05, 3.63) is 23.8 Å². The zero-order valence-electron chi connectivity index (χ0n) is 11.4. The van der Waals surface area contributed by atoms with Crippen LogP contribution in [0, 0.1) is 0 Å². The summed E-state index contributed by atoms with van der Waals surface area (Å²) in [6, 6.07) is 5.57. The zero-order chi connectivity index (χ0) is 13.7. The van der Waals surface area contributed by atoms with E-state index >= 15 is 0 Å². The molecule has 1 saturated carbocycles. The predicted molar refractivity (Wildman–Crippen MR) is 81.6 cm³/mol. The Kier molecular flexibility index (Phi) is 5.14. The maximum Gasteiger partial charge on any atom is 0.251 e. The number of rotatable bonds is 4. The third-order valence-corrected chi connectivity index (χ3v) is 4.87. The quantitative estimate of drug-likeness (QED) is 0.829. The van der Waals surface area contributed by atoms with Crippen LogP contribution in [0.25, 0.3) is 0 Å². The number of anilines is 1. The Hall–Kier alpha value is -1.16. The van der Waals surface area contributed by atoms with E-state index in [4.69, 9.17) is 5.73 Å². The molecule has 1 aromatic rings. The number of benzene rings is 1. The molecule has 0 aromatic heterocycles. The van der Waals surface area contributed by atoms with E-state index in [1.54, 1.807) is 6.07 Å². The lowest BCUT2D eigenvalue weighted by molar-refractivity contribution is 0.0955. The normalized spacial score (nSPS) is 16.3. The first-order chi connectivity index (χ1) is 9.20. The minimum absolute atomic E-state index is 0.0204. The highest BCUT2D eigenvalue weighted by atomic mass is 32.2. The smallest absolute Gasteiger partial charge is 0.251 e. The third-order valence-electron chi connectivity index (χ3n) is 3.46. The Balaban J connectivity index is 2.10. The van der Waals surface area contributed by atoms with Crippen LogP contribution >= 0.6 is 11.8 Å². The molecule has 0 bridgehead atoms. The molecule has 2 rings (SSSR count). The van der Waals surface area contributed by atoms with Gasteiger partial charge in [0.2, 0.25) is 0 Å². The Labute approximate surface area is 119 Å². The molecule has 0 heterocycles. The monoisotopic (exact) mass is 278 g/mol. The van der Waals surface area contributed by atoms with Gasteiger partial charge in [0.15, 0.2) is 0 Å². The van der Waals surface area contributed by atoms with Gasteiger partial charge in [0, 0.05) is 27.9 Å². The SMILES string of the molecule is CCNC(=O)c1ccc(N)c(SC2CCCCC2)c1. The van der Waals surface area contributed by atoms with Gasteiger partial charge in [-0.25, -0.2) is 0 Å². The van der Waals surface area contributed by atoms with Gasteiger partial charge in [-0.3, -0.25) is 4.79 Å². The predicted octanol–water partition coefficient (Wildman–Crippen LogP) is 3.44. The standard InChI is InChI=1S/C15H22N2OS/c1-2-17-15(18)11-8-9-13(16)14(10-11)19-12-6-4-3-5-7-12/h8-10,12H,2-7,16H2,1H3,(H,17,18). The Morgan fingerprint density at radius 1 is 1.37 bits per heavy atom. The number of thioether (sulfide) groups is 1. The second-order valence-electron chi connectivity index (χ2n) is 4.99. The Morgan fingerprint density at radius 2 is 2.11 bits per heavy atom. The van der Waals surface area contributed by atoms with E-state index in [1.807, 2.05) is 30.8 Å². The highest BCUT2D eigenvalue weighted by Crippen LogP contribution is 2.36. The van der Waals surface area contributed by atoms with Crippen molar-refractivity contribution < 1.29 is 4.79 Å². The topological polar surface area (TPSA) is 55.1 Å². The van der Waals surface area contributed by atoms with Crippen LogP contribution in [-0.2, 0) is 0 Å². The molecular weight excluding hydrogens is 256 g/mol. The summed E-state index contributed by atoms with van der Waals surface area (Å²) >= 11 is 1.84. The van der Waals surface area contributed by atoms with Crippen LogP contribution in [0.15, 0.2) is 23.1 Å². The largest absolute Gasteiger partial charge is 0.398 e. The van der Waals surface area contributed by atoms with Gasteiger partial charge in [-0.15, -0.1) is 11.8 Å². The summed E-state index contributed by atoms with van der Waals surface area (Å²) in [6.07, 6.45) is 6.50. The van der Waals surface area contributed by atoms with Crippen LogP contribution < -0.4 is 11.1 Å². The number of nitrogen functional groups attached to an aromatic ring is 1. The first-order valence-corrected chi connectivity index (χ1v) is 7.93. The van der Waals surface area contributed by atoms with Crippen LogP contribution in [-0.4, -0.2) is 17.7 Å². The molecule has 0 unspecified atom stereocenters. The molecule has 1 aromatic carbocycles. The highest BCUT2D eigenvalue weighted by Gasteiger charge is 2.17. The van der Waals surface area contributed by atoms with E-state index in [9.17, 15) is 4.79 Å². The maximum atomic E-state index is 11.8. The summed E-state index contributed by atoms with van der Waals surface area (Å²) in [4.78, 5) is 12.9. The Morgan fingerprint density at radius 3 is 2.79 bits per heavy atom. The molecule has 0 saturated heterocycles. The molecule has 3 N–H and O–H groups in total. The lowest BCUT2D eigenvalue weighted by Crippen LogP contribution is -2.22. The van der Waals surface area contributed by atoms with E-state index in [-0.39, 0.29) is 5.91 Å². The fraction of sp³-hybridized carbons (Fsp3) is 0.533. The molecule has 1 fully saturated rings. The lowest BCUT2D eigenvalue weighted by Gasteiger charge is -2.21. The van der Waals surface area contributed by atoms with Crippen molar-refractivity contribution in [3.63, 3.8) is 0 Å². The van der Waals surface area contributed by atoms with E-state index < -0.39 is 0 Å². The second kappa shape index (κ2) is 6.85. The number of amides is 1.